The predicted octanol–water partition coefficient (Wildman–Crippen LogP) is 19.4. The Morgan fingerprint density at radius 3 is 1.03 bits per heavy atom. The van der Waals surface area contributed by atoms with Gasteiger partial charge in [-0.05, 0) is 158 Å². The normalized spacial score (nSPS) is 17.0. The molecule has 0 N–H and O–H groups in total. The van der Waals surface area contributed by atoms with Crippen LogP contribution in [0.5, 0.6) is 0 Å². The van der Waals surface area contributed by atoms with E-state index in [0.29, 0.717) is 0 Å². The number of thiol groups is 1. The van der Waals surface area contributed by atoms with E-state index in [0.717, 1.165) is 0 Å². The Hall–Kier alpha value is -1.75. The maximum atomic E-state index is 4.34. The van der Waals surface area contributed by atoms with E-state index in [1.165, 1.54) is 120 Å². The molecule has 0 saturated heterocycles. The summed E-state index contributed by atoms with van der Waals surface area (Å²) in [4.78, 5) is 6.00. The molecule has 2 aromatic carbocycles. The second-order valence-electron chi connectivity index (χ2n) is 18.4. The quantitative estimate of drug-likeness (QED) is 0.115. The van der Waals surface area contributed by atoms with Crippen molar-refractivity contribution in [2.24, 2.45) is 4.30 Å². The molecular formula is C48H35BBr2NS9. The van der Waals surface area contributed by atoms with Crippen LogP contribution in [0.25, 0.3) is 79.4 Å². The van der Waals surface area contributed by atoms with Crippen LogP contribution in [0.15, 0.2) is 71.2 Å². The van der Waals surface area contributed by atoms with Crippen LogP contribution in [0.1, 0.15) is 99.9 Å². The van der Waals surface area contributed by atoms with Gasteiger partial charge in [0.25, 0.3) is 0 Å². The molecule has 303 valence electrons. The van der Waals surface area contributed by atoms with E-state index in [9.17, 15) is 0 Å². The Morgan fingerprint density at radius 2 is 0.721 bits per heavy atom. The zero-order valence-electron chi connectivity index (χ0n) is 34.3. The van der Waals surface area contributed by atoms with E-state index in [4.69, 9.17) is 0 Å². The summed E-state index contributed by atoms with van der Waals surface area (Å²) in [6, 6.07) is 19.3. The molecule has 1 radical (unpaired) electrons. The van der Waals surface area contributed by atoms with E-state index in [1.54, 1.807) is 11.1 Å². The monoisotopic (exact) mass is 1080 g/mol. The first-order valence-corrected chi connectivity index (χ1v) is 28.5. The molecule has 0 spiro atoms. The summed E-state index contributed by atoms with van der Waals surface area (Å²) in [5, 5.41) is 4.49. The summed E-state index contributed by atoms with van der Waals surface area (Å²) in [7, 11) is 4.34. The van der Waals surface area contributed by atoms with Gasteiger partial charge in [0.2, 0.25) is 0 Å². The molecule has 4 aliphatic rings. The molecule has 0 fully saturated rings. The van der Waals surface area contributed by atoms with Crippen molar-refractivity contribution in [2.75, 3.05) is 0 Å². The molecule has 0 amide bonds. The van der Waals surface area contributed by atoms with Gasteiger partial charge in [0.1, 0.15) is 0 Å². The molecule has 8 heterocycles. The van der Waals surface area contributed by atoms with Crippen LogP contribution in [0.2, 0.25) is 0 Å². The van der Waals surface area contributed by atoms with Gasteiger partial charge in [-0.2, -0.15) is 0 Å². The van der Waals surface area contributed by atoms with Crippen LogP contribution in [-0.4, -0.2) is 7.64 Å². The molecule has 0 unspecified atom stereocenters. The Morgan fingerprint density at radius 1 is 0.443 bits per heavy atom. The number of halogens is 2. The molecule has 14 rings (SSSR count). The van der Waals surface area contributed by atoms with Crippen molar-refractivity contribution in [3.8, 4) is 41.8 Å². The van der Waals surface area contributed by atoms with Gasteiger partial charge < -0.3 is 0 Å². The van der Waals surface area contributed by atoms with Crippen molar-refractivity contribution in [3.05, 3.63) is 111 Å². The first-order chi connectivity index (χ1) is 29.0. The summed E-state index contributed by atoms with van der Waals surface area (Å²) in [5.74, 6) is 0. The topological polar surface area (TPSA) is 12.4 Å². The minimum absolute atomic E-state index is 0.0345. The van der Waals surface area contributed by atoms with Crippen LogP contribution >= 0.6 is 135 Å². The van der Waals surface area contributed by atoms with Crippen molar-refractivity contribution in [1.29, 1.82) is 0 Å². The van der Waals surface area contributed by atoms with Crippen LogP contribution in [-0.2, 0) is 21.7 Å². The molecule has 0 bridgehead atoms. The summed E-state index contributed by atoms with van der Waals surface area (Å²) in [6.07, 6.45) is 0. The van der Waals surface area contributed by atoms with Crippen LogP contribution < -0.4 is 0 Å². The molecule has 10 aromatic rings. The summed E-state index contributed by atoms with van der Waals surface area (Å²) in [6.45, 7) is 19.3. The van der Waals surface area contributed by atoms with Crippen LogP contribution in [0, 0.1) is 0 Å². The molecule has 8 aromatic heterocycles. The Balaban J connectivity index is 0.000000123. The number of benzene rings is 2. The maximum absolute atomic E-state index is 4.34. The summed E-state index contributed by atoms with van der Waals surface area (Å²) in [5.41, 5.74) is 18.3. The van der Waals surface area contributed by atoms with Crippen LogP contribution in [0.4, 0.5) is 0 Å². The van der Waals surface area contributed by atoms with Gasteiger partial charge in [-0.1, -0.05) is 55.4 Å². The van der Waals surface area contributed by atoms with E-state index in [2.05, 4.69) is 171 Å². The number of hydrogen-bond donors (Lipinski definition) is 1. The van der Waals surface area contributed by atoms with Crippen LogP contribution in [0.3, 0.4) is 0 Å². The molecule has 4 aliphatic carbocycles. The van der Waals surface area contributed by atoms with Crippen molar-refractivity contribution >= 4 is 181 Å². The van der Waals surface area contributed by atoms with Gasteiger partial charge in [0.15, 0.2) is 0 Å². The van der Waals surface area contributed by atoms with Crippen molar-refractivity contribution in [3.63, 3.8) is 0 Å². The van der Waals surface area contributed by atoms with Gasteiger partial charge in [0.05, 0.1) is 17.0 Å². The SMILES string of the molecule is CC1(C)c2cc3c(cc2-c2sc4cc(Br)sc4c21)C(C)(C)c1c-3sc2cc(Br)sc12.CC1(C)c2cc3c(cc2-c2sc4ccsc4c21)C(C)(C)c1c-3sc2ccsc12.[B]=NS. The molecule has 0 atom stereocenters. The Labute approximate surface area is 410 Å². The third-order valence-corrected chi connectivity index (χ3v) is 24.2. The predicted molar refractivity (Wildman–Crippen MR) is 289 cm³/mol. The van der Waals surface area contributed by atoms with Gasteiger partial charge in [-0.25, -0.2) is 0 Å². The number of nitrogens with zero attached hydrogens (tertiary/aromatic N) is 1. The minimum atomic E-state index is 0.0345. The molecular weight excluding hydrogens is 1050 g/mol. The first kappa shape index (κ1) is 40.7. The number of fused-ring (bicyclic) bond motifs is 20. The second kappa shape index (κ2) is 13.4. The summed E-state index contributed by atoms with van der Waals surface area (Å²) >= 11 is 26.1. The zero-order valence-corrected chi connectivity index (χ0v) is 44.9. The fourth-order valence-electron chi connectivity index (χ4n) is 11.0. The molecule has 61 heavy (non-hydrogen) atoms. The third-order valence-electron chi connectivity index (χ3n) is 13.7. The van der Waals surface area contributed by atoms with Gasteiger partial charge in [-0.3, -0.25) is 0 Å². The van der Waals surface area contributed by atoms with E-state index >= 15 is 0 Å². The van der Waals surface area contributed by atoms with E-state index in [1.807, 2.05) is 90.7 Å². The first-order valence-electron chi connectivity index (χ1n) is 19.9. The number of thiophene rings is 8. The fraction of sp³-hybridized carbons (Fsp3) is 0.250. The average molecular weight is 1090 g/mol. The number of rotatable bonds is 0. The van der Waals surface area contributed by atoms with E-state index in [-0.39, 0.29) is 21.7 Å². The Kier molecular flexibility index (Phi) is 8.97. The fourth-order valence-corrected chi connectivity index (χ4v) is 23.5. The average Bonchev–Trinajstić information content (AvgIpc) is 4.03. The third kappa shape index (κ3) is 5.31. The molecule has 1 nitrogen and oxygen atoms in total. The zero-order chi connectivity index (χ0) is 42.4. The standard InChI is InChI=1S/C24H16Br2S4.C24H18S4.BHNS/c1-23(2)11-5-10-12(6-9(11)19-17(23)21-13(27-19)7-15(25)29-21)24(3,4)18-20(10)28-14-8-16(26)30-22(14)18;1-23(2)13-9-12-14(10-11(13)19-17(23)21-15(27-19)5-7-25-21)24(3,4)18-20(12)28-16-6-8-26-22(16)18;1-2-3/h5-8H,1-4H3;5-10H,1-4H3;3H. The van der Waals surface area contributed by atoms with Gasteiger partial charge in [0, 0.05) is 69.4 Å². The number of hydrogen-bond acceptors (Lipinski definition) is 10. The molecule has 13 heteroatoms. The van der Waals surface area contributed by atoms with Crippen molar-refractivity contribution in [2.45, 2.75) is 77.0 Å². The van der Waals surface area contributed by atoms with Crippen molar-refractivity contribution < 1.29 is 0 Å². The van der Waals surface area contributed by atoms with E-state index < -0.39 is 0 Å². The van der Waals surface area contributed by atoms with Crippen molar-refractivity contribution in [1.82, 2.24) is 0 Å². The van der Waals surface area contributed by atoms with Gasteiger partial charge >= 0.3 is 24.8 Å². The Bertz CT molecular complexity index is 3330. The molecule has 0 saturated carbocycles. The molecule has 0 aliphatic heterocycles. The van der Waals surface area contributed by atoms with Gasteiger partial charge in [-0.15, -0.1) is 90.7 Å². The second-order valence-corrected chi connectivity index (χ2v) is 29.6. The summed E-state index contributed by atoms with van der Waals surface area (Å²) < 4.78 is 16.8.